The molecule has 1 saturated carbocycles. The van der Waals surface area contributed by atoms with Crippen LogP contribution in [0, 0.1) is 0 Å². The van der Waals surface area contributed by atoms with Crippen molar-refractivity contribution >= 4 is 22.4 Å². The van der Waals surface area contributed by atoms with E-state index in [1.54, 1.807) is 16.4 Å². The average Bonchev–Trinajstić information content (AvgIpc) is 3.66. The molecule has 0 aromatic heterocycles. The fourth-order valence-corrected chi connectivity index (χ4v) is 7.72. The van der Waals surface area contributed by atoms with Crippen molar-refractivity contribution in [3.05, 3.63) is 95.1 Å². The number of carbonyl (C=O) groups is 1. The highest BCUT2D eigenvalue weighted by atomic mass is 32.3. The molecule has 3 aromatic carbocycles. The second-order valence-corrected chi connectivity index (χ2v) is 13.9. The maximum atomic E-state index is 13.8. The summed E-state index contributed by atoms with van der Waals surface area (Å²) in [6.45, 7) is 0.723. The Balaban J connectivity index is 1.32. The van der Waals surface area contributed by atoms with Gasteiger partial charge in [-0.2, -0.15) is 0 Å². The Morgan fingerprint density at radius 2 is 1.71 bits per heavy atom. The predicted molar refractivity (Wildman–Crippen MR) is 170 cm³/mol. The van der Waals surface area contributed by atoms with Crippen molar-refractivity contribution in [1.82, 2.24) is 10.6 Å². The van der Waals surface area contributed by atoms with Gasteiger partial charge in [-0.25, -0.2) is 0 Å². The van der Waals surface area contributed by atoms with Gasteiger partial charge in [0.05, 0.1) is 23.6 Å². The third-order valence-corrected chi connectivity index (χ3v) is 10.3. The van der Waals surface area contributed by atoms with Gasteiger partial charge in [0.2, 0.25) is 0 Å². The smallest absolute Gasteiger partial charge is 0.406 e. The molecule has 0 unspecified atom stereocenters. The molecule has 45 heavy (non-hydrogen) atoms. The molecule has 5 rings (SSSR count). The maximum Gasteiger partial charge on any atom is 0.573 e. The fraction of sp³-hybridized carbons (Fsp3) is 0.424. The van der Waals surface area contributed by atoms with Crippen LogP contribution in [-0.2, 0) is 13.0 Å². The second kappa shape index (κ2) is 14.4. The van der Waals surface area contributed by atoms with Gasteiger partial charge in [-0.1, -0.05) is 55.3 Å². The molecule has 0 bridgehead atoms. The molecule has 1 amide bonds. The second-order valence-electron chi connectivity index (χ2n) is 11.7. The fourth-order valence-electron chi connectivity index (χ4n) is 6.12. The lowest BCUT2D eigenvalue weighted by Gasteiger charge is -2.38. The summed E-state index contributed by atoms with van der Waals surface area (Å²) >= 11 is 0. The molecule has 1 aliphatic heterocycles. The minimum absolute atomic E-state index is 0.0597. The van der Waals surface area contributed by atoms with E-state index < -0.39 is 29.3 Å². The van der Waals surface area contributed by atoms with Gasteiger partial charge in [0.1, 0.15) is 5.75 Å². The lowest BCUT2D eigenvalue weighted by Crippen LogP contribution is -2.48. The third-order valence-electron chi connectivity index (χ3n) is 8.34. The largest absolute Gasteiger partial charge is 0.573 e. The molecule has 0 radical (unpaired) electrons. The van der Waals surface area contributed by atoms with Crippen molar-refractivity contribution in [2.75, 3.05) is 23.1 Å². The number of rotatable bonds is 12. The van der Waals surface area contributed by atoms with Crippen molar-refractivity contribution in [3.63, 3.8) is 0 Å². The summed E-state index contributed by atoms with van der Waals surface area (Å²) in [4.78, 5) is 13.8. The van der Waals surface area contributed by atoms with Crippen molar-refractivity contribution in [3.8, 4) is 5.75 Å². The van der Waals surface area contributed by atoms with E-state index in [1.165, 1.54) is 18.2 Å². The minimum atomic E-state index is -4.79. The highest BCUT2D eigenvalue weighted by Gasteiger charge is 2.32. The maximum absolute atomic E-state index is 13.8. The third kappa shape index (κ3) is 9.14. The Bertz CT molecular complexity index is 1440. The zero-order chi connectivity index (χ0) is 32.0. The summed E-state index contributed by atoms with van der Waals surface area (Å²) in [5.74, 6) is -0.134. The molecule has 3 aromatic rings. The zero-order valence-electron chi connectivity index (χ0n) is 24.9. The van der Waals surface area contributed by atoms with E-state index in [-0.39, 0.29) is 30.7 Å². The number of carbonyl (C=O) groups excluding carboxylic acids is 1. The number of aliphatic hydroxyl groups is 1. The van der Waals surface area contributed by atoms with Crippen LogP contribution in [0.2, 0.25) is 0 Å². The van der Waals surface area contributed by atoms with E-state index in [1.807, 2.05) is 42.5 Å². The Morgan fingerprint density at radius 1 is 0.978 bits per heavy atom. The molecule has 1 saturated heterocycles. The number of hydrogen-bond acceptors (Lipinski definition) is 7. The number of anilines is 1. The van der Waals surface area contributed by atoms with Crippen molar-refractivity contribution < 1.29 is 36.9 Å². The lowest BCUT2D eigenvalue weighted by molar-refractivity contribution is -0.274. The van der Waals surface area contributed by atoms with Gasteiger partial charge in [0.25, 0.3) is 5.91 Å². The summed E-state index contributed by atoms with van der Waals surface area (Å²) < 4.78 is 64.8. The average molecular weight is 648 g/mol. The number of hydrogen-bond donors (Lipinski definition) is 5. The molecule has 8 nitrogen and oxygen atoms in total. The minimum Gasteiger partial charge on any atom is -0.406 e. The van der Waals surface area contributed by atoms with Gasteiger partial charge in [0, 0.05) is 25.2 Å². The molecule has 0 spiro atoms. The van der Waals surface area contributed by atoms with Crippen LogP contribution in [0.15, 0.2) is 72.8 Å². The first-order valence-corrected chi connectivity index (χ1v) is 16.9. The molecule has 1 aliphatic carbocycles. The number of benzene rings is 3. The van der Waals surface area contributed by atoms with E-state index in [4.69, 9.17) is 0 Å². The van der Waals surface area contributed by atoms with Crippen molar-refractivity contribution in [1.29, 1.82) is 0 Å². The Kier molecular flexibility index (Phi) is 10.6. The number of nitrogens with one attached hydrogen (secondary N) is 2. The van der Waals surface area contributed by atoms with Crippen LogP contribution < -0.4 is 19.7 Å². The van der Waals surface area contributed by atoms with Gasteiger partial charge in [-0.05, 0) is 78.6 Å². The zero-order valence-corrected chi connectivity index (χ0v) is 25.7. The molecular formula is C33H40F3N3O5S. The molecule has 2 aliphatic rings. The summed E-state index contributed by atoms with van der Waals surface area (Å²) in [7, 11) is -2.96. The number of aliphatic hydroxyl groups excluding tert-OH is 1. The molecule has 2 atom stereocenters. The quantitative estimate of drug-likeness (QED) is 0.150. The first-order valence-electron chi connectivity index (χ1n) is 15.2. The SMILES string of the molecule is O=C(N[C@@H](Cc1ccccc1)[C@@H](O)CNCc1cccc(OC(F)(F)F)c1)c1cc(C2CCCC2)cc(N2CCCS2(O)O)c1. The number of nitrogens with zero attached hydrogens (tertiary/aromatic N) is 1. The van der Waals surface area contributed by atoms with E-state index in [0.29, 0.717) is 42.0 Å². The topological polar surface area (TPSA) is 114 Å². The monoisotopic (exact) mass is 647 g/mol. The standard InChI is InChI=1S/C33H40F3N3O5S/c34-33(35,36)44-29-13-6-10-24(16-29)21-37-22-31(40)30(17-23-8-2-1-3-9-23)38-32(41)27-18-26(25-11-4-5-12-25)19-28(20-27)39-14-7-15-45(39,42)43/h1-3,6,8-10,13,16,18-20,25,30-31,37,40,42-43H,4-5,7,11-12,14-15,17,21-22H2,(H,38,41)/t30-,31-/m0/s1. The predicted octanol–water partition coefficient (Wildman–Crippen LogP) is 6.61. The van der Waals surface area contributed by atoms with Crippen LogP contribution in [0.5, 0.6) is 5.75 Å². The van der Waals surface area contributed by atoms with E-state index in [0.717, 1.165) is 36.8 Å². The van der Waals surface area contributed by atoms with Gasteiger partial charge >= 0.3 is 6.36 Å². The van der Waals surface area contributed by atoms with E-state index >= 15 is 0 Å². The van der Waals surface area contributed by atoms with Gasteiger partial charge in [0.15, 0.2) is 0 Å². The lowest BCUT2D eigenvalue weighted by atomic mass is 9.94. The number of alkyl halides is 3. The van der Waals surface area contributed by atoms with Crippen molar-refractivity contribution in [2.24, 2.45) is 0 Å². The Morgan fingerprint density at radius 3 is 2.40 bits per heavy atom. The van der Waals surface area contributed by atoms with Crippen LogP contribution in [0.4, 0.5) is 18.9 Å². The normalized spacial score (nSPS) is 18.8. The summed E-state index contributed by atoms with van der Waals surface area (Å²) in [6, 6.07) is 19.9. The Labute approximate surface area is 263 Å². The highest BCUT2D eigenvalue weighted by molar-refractivity contribution is 8.25. The van der Waals surface area contributed by atoms with Gasteiger partial charge < -0.3 is 20.5 Å². The summed E-state index contributed by atoms with van der Waals surface area (Å²) in [5, 5.41) is 17.3. The van der Waals surface area contributed by atoms with Crippen LogP contribution in [0.3, 0.4) is 0 Å². The molecule has 2 fully saturated rings. The van der Waals surface area contributed by atoms with E-state index in [9.17, 15) is 32.2 Å². The highest BCUT2D eigenvalue weighted by Crippen LogP contribution is 2.51. The summed E-state index contributed by atoms with van der Waals surface area (Å²) in [6.07, 6.45) is -0.619. The molecule has 5 N–H and O–H groups in total. The van der Waals surface area contributed by atoms with Crippen LogP contribution in [0.1, 0.15) is 65.1 Å². The number of amides is 1. The molecule has 12 heteroatoms. The van der Waals surface area contributed by atoms with Gasteiger partial charge in [-0.15, -0.1) is 23.9 Å². The van der Waals surface area contributed by atoms with Crippen LogP contribution in [-0.4, -0.2) is 57.5 Å². The number of halogens is 3. The summed E-state index contributed by atoms with van der Waals surface area (Å²) in [5.41, 5.74) is 3.44. The first kappa shape index (κ1) is 33.1. The van der Waals surface area contributed by atoms with Crippen molar-refractivity contribution in [2.45, 2.75) is 69.5 Å². The van der Waals surface area contributed by atoms with Gasteiger partial charge in [-0.3, -0.25) is 18.2 Å². The Hall–Kier alpha value is -3.29. The van der Waals surface area contributed by atoms with E-state index in [2.05, 4.69) is 15.4 Å². The van der Waals surface area contributed by atoms with Crippen LogP contribution >= 0.6 is 10.8 Å². The number of ether oxygens (including phenoxy) is 1. The van der Waals surface area contributed by atoms with Crippen LogP contribution in [0.25, 0.3) is 0 Å². The molecule has 244 valence electrons. The first-order chi connectivity index (χ1) is 21.5. The molecular weight excluding hydrogens is 607 g/mol. The molecule has 1 heterocycles.